The van der Waals surface area contributed by atoms with E-state index in [4.69, 9.17) is 47.4 Å². The van der Waals surface area contributed by atoms with Crippen LogP contribution in [0.25, 0.3) is 33.1 Å². The smallest absolute Gasteiger partial charge is 0.257 e. The first kappa shape index (κ1) is 59.7. The molecule has 3 saturated heterocycles. The van der Waals surface area contributed by atoms with Crippen molar-refractivity contribution in [3.63, 3.8) is 0 Å². The van der Waals surface area contributed by atoms with Crippen molar-refractivity contribution >= 4 is 85.7 Å². The summed E-state index contributed by atoms with van der Waals surface area (Å²) in [5.74, 6) is 4.26. The number of amides is 3. The summed E-state index contributed by atoms with van der Waals surface area (Å²) >= 11 is 0. The molecule has 0 bridgehead atoms. The van der Waals surface area contributed by atoms with Crippen molar-refractivity contribution in [1.82, 2.24) is 64.8 Å². The molecule has 0 unspecified atom stereocenters. The fraction of sp³-hybridized carbons (Fsp3) is 0.387. The Bertz CT molecular complexity index is 3950. The van der Waals surface area contributed by atoms with Crippen molar-refractivity contribution in [2.75, 3.05) is 141 Å². The van der Waals surface area contributed by atoms with Gasteiger partial charge in [-0.05, 0) is 68.3 Å². The summed E-state index contributed by atoms with van der Waals surface area (Å²) in [5.41, 5.74) is 7.30. The predicted octanol–water partition coefficient (Wildman–Crippen LogP) is 6.75. The van der Waals surface area contributed by atoms with Gasteiger partial charge in [-0.3, -0.25) is 19.5 Å². The third-order valence-corrected chi connectivity index (χ3v) is 15.6. The number of nitrogens with one attached hydrogen (secondary N) is 6. The van der Waals surface area contributed by atoms with Gasteiger partial charge in [-0.25, -0.2) is 9.97 Å². The number of aromatic nitrogens is 10. The number of hydrogen-bond acceptors (Lipinski definition) is 23. The largest absolute Gasteiger partial charge is 0.485 e. The van der Waals surface area contributed by atoms with Crippen molar-refractivity contribution < 1.29 is 61.8 Å². The Balaban J connectivity index is 0.000000125. The third-order valence-electron chi connectivity index (χ3n) is 15.6. The molecule has 6 N–H and O–H groups in total. The van der Waals surface area contributed by atoms with Crippen LogP contribution in [0, 0.1) is 0 Å². The number of rotatable bonds is 13. The molecule has 29 heteroatoms. The second-order valence-corrected chi connectivity index (χ2v) is 21.2. The van der Waals surface area contributed by atoms with E-state index in [-0.39, 0.29) is 17.7 Å². The van der Waals surface area contributed by atoms with E-state index in [1.54, 1.807) is 57.4 Å². The van der Waals surface area contributed by atoms with Crippen LogP contribution in [0.15, 0.2) is 67.1 Å². The number of carbonyl (C=O) groups excluding carboxylic acids is 3. The van der Waals surface area contributed by atoms with Gasteiger partial charge in [0.1, 0.15) is 50.9 Å². The van der Waals surface area contributed by atoms with E-state index in [1.807, 2.05) is 38.2 Å². The van der Waals surface area contributed by atoms with Gasteiger partial charge in [0, 0.05) is 57.0 Å². The molecular formula is C62H68N16O13. The highest BCUT2D eigenvalue weighted by Gasteiger charge is 2.32. The van der Waals surface area contributed by atoms with Crippen LogP contribution in [0.1, 0.15) is 63.2 Å². The Labute approximate surface area is 520 Å². The van der Waals surface area contributed by atoms with Gasteiger partial charge in [-0.1, -0.05) is 13.8 Å². The fourth-order valence-electron chi connectivity index (χ4n) is 11.1. The van der Waals surface area contributed by atoms with Crippen molar-refractivity contribution in [2.24, 2.45) is 0 Å². The first-order chi connectivity index (χ1) is 44.7. The average Bonchev–Trinajstić information content (AvgIpc) is 1.62. The number of morpholine rings is 3. The Morgan fingerprint density at radius 2 is 0.813 bits per heavy atom. The zero-order valence-electron chi connectivity index (χ0n) is 50.5. The van der Waals surface area contributed by atoms with Gasteiger partial charge in [0.15, 0.2) is 40.1 Å². The number of aryl methyl sites for hydroxylation is 2. The molecule has 0 radical (unpaired) electrons. The van der Waals surface area contributed by atoms with E-state index in [9.17, 15) is 14.4 Å². The quantitative estimate of drug-likeness (QED) is 0.0695. The van der Waals surface area contributed by atoms with Crippen LogP contribution < -0.4 is 49.1 Å². The molecule has 6 aliphatic rings. The summed E-state index contributed by atoms with van der Waals surface area (Å²) in [6, 6.07) is 14.5. The first-order valence-electron chi connectivity index (χ1n) is 30.4. The summed E-state index contributed by atoms with van der Waals surface area (Å²) in [6.07, 6.45) is 6.90. The van der Waals surface area contributed by atoms with Gasteiger partial charge in [0.2, 0.25) is 23.7 Å². The van der Waals surface area contributed by atoms with Gasteiger partial charge in [0.05, 0.1) is 108 Å². The van der Waals surface area contributed by atoms with Crippen molar-refractivity contribution in [3.8, 4) is 40.4 Å². The van der Waals surface area contributed by atoms with Crippen LogP contribution in [0.2, 0.25) is 0 Å². The number of anilines is 6. The summed E-state index contributed by atoms with van der Waals surface area (Å²) in [6.45, 7) is 15.4. The minimum atomic E-state index is -0.0979. The number of ether oxygens (including phenoxy) is 10. The molecule has 12 heterocycles. The number of nitrogens with zero attached hydrogens (tertiary/aromatic N) is 10. The molecule has 0 atom stereocenters. The second-order valence-electron chi connectivity index (χ2n) is 21.2. The molecule has 0 saturated carbocycles. The highest BCUT2D eigenvalue weighted by molar-refractivity contribution is 6.01. The summed E-state index contributed by atoms with van der Waals surface area (Å²) in [5, 5.41) is 19.3. The van der Waals surface area contributed by atoms with Crippen LogP contribution in [-0.2, 0) is 27.1 Å². The van der Waals surface area contributed by atoms with Gasteiger partial charge in [-0.15, -0.1) is 0 Å². The maximum Gasteiger partial charge on any atom is 0.257 e. The predicted molar refractivity (Wildman–Crippen MR) is 332 cm³/mol. The van der Waals surface area contributed by atoms with Crippen molar-refractivity contribution in [1.29, 1.82) is 0 Å². The molecule has 91 heavy (non-hydrogen) atoms. The normalized spacial score (nSPS) is 15.9. The number of benzene rings is 3. The number of carbonyl (C=O) groups is 3. The maximum atomic E-state index is 13.0. The minimum Gasteiger partial charge on any atom is -0.485 e. The van der Waals surface area contributed by atoms with Gasteiger partial charge in [0.25, 0.3) is 17.7 Å². The molecule has 0 spiro atoms. The summed E-state index contributed by atoms with van der Waals surface area (Å²) < 4.78 is 56.9. The molecule has 3 amide bonds. The molecule has 9 aromatic rings. The zero-order chi connectivity index (χ0) is 62.2. The molecule has 29 nitrogen and oxygen atoms in total. The Morgan fingerprint density at radius 3 is 1.23 bits per heavy atom. The van der Waals surface area contributed by atoms with Crippen molar-refractivity contribution in [3.05, 3.63) is 95.2 Å². The van der Waals surface area contributed by atoms with Crippen LogP contribution in [0.4, 0.5) is 34.9 Å². The fourth-order valence-corrected chi connectivity index (χ4v) is 11.1. The minimum absolute atomic E-state index is 0.0797. The van der Waals surface area contributed by atoms with Crippen LogP contribution in [0.5, 0.6) is 40.4 Å². The molecule has 6 aromatic heterocycles. The number of fused-ring (bicyclic) bond motifs is 6. The molecule has 6 aliphatic heterocycles. The standard InChI is InChI=1S/C21H23N5O5.C21H23N5O4.C20H22N6O4/c1-2-29-19-14-5-6-22-18(14)24-21(25-19)23-15-4-3-13(16-17(15)31-12-11-30-16)20(27)26-7-9-28-10-8-26;1-2-15-13-5-6-22-19(13)25-21(23-15)24-16-4-3-14(17-18(16)30-12-11-29-17)20(27)26-7-9-28-10-8-26;1-2-14-13-11-21-25-18(13)24-20(22-14)23-15-4-3-12(16-17(15)30-10-9-29-16)19(27)26-5-7-28-8-6-26/h3-6H,2,7-12H2,1H3,(H2,22,23,24,25);3-6H,2,7-12H2,1H3,(H2,22,23,24,25);3-4,11H,2,5-10H2,1H3,(H2,21,22,23,24,25). The maximum absolute atomic E-state index is 13.0. The first-order valence-corrected chi connectivity index (χ1v) is 30.4. The number of hydrogen-bond donors (Lipinski definition) is 6. The molecule has 3 aromatic carbocycles. The lowest BCUT2D eigenvalue weighted by molar-refractivity contribution is 0.0296. The van der Waals surface area contributed by atoms with E-state index in [1.165, 1.54) is 0 Å². The second kappa shape index (κ2) is 27.2. The lowest BCUT2D eigenvalue weighted by atomic mass is 10.1. The number of H-pyrrole nitrogens is 3. The van der Waals surface area contributed by atoms with E-state index in [2.05, 4.69) is 72.9 Å². The molecule has 474 valence electrons. The Morgan fingerprint density at radius 1 is 0.440 bits per heavy atom. The number of aromatic amines is 3. The van der Waals surface area contributed by atoms with Gasteiger partial charge in [-0.2, -0.15) is 25.0 Å². The average molecular weight is 1250 g/mol. The van der Waals surface area contributed by atoms with Crippen LogP contribution in [0.3, 0.4) is 0 Å². The molecular weight excluding hydrogens is 1180 g/mol. The molecule has 0 aliphatic carbocycles. The van der Waals surface area contributed by atoms with E-state index in [0.717, 1.165) is 46.0 Å². The van der Waals surface area contributed by atoms with Gasteiger partial charge >= 0.3 is 0 Å². The van der Waals surface area contributed by atoms with Crippen LogP contribution in [-0.4, -0.2) is 208 Å². The van der Waals surface area contributed by atoms with Crippen LogP contribution >= 0.6 is 0 Å². The molecule has 3 fully saturated rings. The third kappa shape index (κ3) is 12.7. The molecule has 15 rings (SSSR count). The topological polar surface area (TPSA) is 327 Å². The van der Waals surface area contributed by atoms with E-state index >= 15 is 0 Å². The summed E-state index contributed by atoms with van der Waals surface area (Å²) in [7, 11) is 0. The van der Waals surface area contributed by atoms with Gasteiger partial charge < -0.3 is 88.0 Å². The monoisotopic (exact) mass is 1240 g/mol. The lowest BCUT2D eigenvalue weighted by Crippen LogP contribution is -2.41. The highest BCUT2D eigenvalue weighted by atomic mass is 16.6. The zero-order valence-corrected chi connectivity index (χ0v) is 50.5. The Hall–Kier alpha value is -10.3. The summed E-state index contributed by atoms with van der Waals surface area (Å²) in [4.78, 5) is 77.9. The SMILES string of the molecule is CCOc1nc(Nc2ccc(C(=O)N3CCOCC3)c3c2OCCO3)nc2[nH]ccc12.CCc1nc(Nc2ccc(C(=O)N3CCOCC3)c3c2OCCO3)nc2[nH]ccc12.CCc1nc(Nc2ccc(C(=O)N3CCOCC3)c3c2OCCO3)nc2[nH]ncc12. The lowest BCUT2D eigenvalue weighted by Gasteiger charge is -2.29. The van der Waals surface area contributed by atoms with Crippen molar-refractivity contribution in [2.45, 2.75) is 33.6 Å². The highest BCUT2D eigenvalue weighted by Crippen LogP contribution is 2.45. The van der Waals surface area contributed by atoms with E-state index in [0.29, 0.717) is 228 Å². The Kier molecular flexibility index (Phi) is 17.9. The van der Waals surface area contributed by atoms with E-state index < -0.39 is 0 Å².